The quantitative estimate of drug-likeness (QED) is 0.775. The van der Waals surface area contributed by atoms with Gasteiger partial charge in [0, 0.05) is 12.5 Å². The molecular weight excluding hydrogens is 192 g/mol. The Morgan fingerprint density at radius 1 is 1.67 bits per heavy atom. The molecular formula is C11H18N2O2. The lowest BCUT2D eigenvalue weighted by atomic mass is 10.1. The lowest BCUT2D eigenvalue weighted by molar-refractivity contribution is -0.122. The minimum atomic E-state index is -0.100. The molecule has 0 fully saturated rings. The summed E-state index contributed by atoms with van der Waals surface area (Å²) in [6, 6.07) is 3.48. The number of amides is 1. The normalized spacial score (nSPS) is 14.6. The van der Waals surface area contributed by atoms with Crippen LogP contribution in [0.1, 0.15) is 38.5 Å². The molecule has 1 rings (SSSR count). The van der Waals surface area contributed by atoms with Crippen molar-refractivity contribution in [1.29, 1.82) is 0 Å². The van der Waals surface area contributed by atoms with Gasteiger partial charge < -0.3 is 15.5 Å². The Bertz CT molecular complexity index is 296. The summed E-state index contributed by atoms with van der Waals surface area (Å²) in [5.41, 5.74) is 5.68. The zero-order chi connectivity index (χ0) is 11.3. The minimum Gasteiger partial charge on any atom is -0.467 e. The summed E-state index contributed by atoms with van der Waals surface area (Å²) in [7, 11) is 0. The minimum absolute atomic E-state index is 0.0340. The van der Waals surface area contributed by atoms with Crippen molar-refractivity contribution in [2.75, 3.05) is 0 Å². The molecule has 1 aromatic rings. The second-order valence-electron chi connectivity index (χ2n) is 3.68. The predicted octanol–water partition coefficient (Wildman–Crippen LogP) is 1.58. The van der Waals surface area contributed by atoms with Crippen molar-refractivity contribution in [2.24, 2.45) is 5.73 Å². The first-order chi connectivity index (χ1) is 7.13. The Morgan fingerprint density at radius 2 is 2.40 bits per heavy atom. The number of hydrogen-bond acceptors (Lipinski definition) is 3. The summed E-state index contributed by atoms with van der Waals surface area (Å²) in [5.74, 6) is 0.724. The van der Waals surface area contributed by atoms with Gasteiger partial charge in [-0.05, 0) is 25.5 Å². The second kappa shape index (κ2) is 5.56. The van der Waals surface area contributed by atoms with Crippen LogP contribution in [0.25, 0.3) is 0 Å². The molecule has 1 amide bonds. The van der Waals surface area contributed by atoms with Crippen LogP contribution in [0.5, 0.6) is 0 Å². The van der Waals surface area contributed by atoms with Crippen LogP contribution < -0.4 is 11.1 Å². The van der Waals surface area contributed by atoms with E-state index in [2.05, 4.69) is 5.32 Å². The zero-order valence-electron chi connectivity index (χ0n) is 9.19. The fourth-order valence-electron chi connectivity index (χ4n) is 1.29. The fraction of sp³-hybridized carbons (Fsp3) is 0.545. The molecule has 1 aromatic heterocycles. The van der Waals surface area contributed by atoms with Gasteiger partial charge in [-0.1, -0.05) is 6.92 Å². The number of nitrogens with one attached hydrogen (secondary N) is 1. The molecule has 84 valence electrons. The molecule has 1 heterocycles. The summed E-state index contributed by atoms with van der Waals surface area (Å²) >= 11 is 0. The average Bonchev–Trinajstić information content (AvgIpc) is 2.70. The van der Waals surface area contributed by atoms with Gasteiger partial charge in [0.1, 0.15) is 5.76 Å². The topological polar surface area (TPSA) is 68.3 Å². The van der Waals surface area contributed by atoms with Gasteiger partial charge in [0.25, 0.3) is 0 Å². The number of nitrogens with two attached hydrogens (primary N) is 1. The van der Waals surface area contributed by atoms with Crippen LogP contribution in [-0.4, -0.2) is 11.9 Å². The van der Waals surface area contributed by atoms with E-state index >= 15 is 0 Å². The number of carbonyl (C=O) groups excluding carboxylic acids is 1. The Morgan fingerprint density at radius 3 is 2.93 bits per heavy atom. The first-order valence-corrected chi connectivity index (χ1v) is 5.21. The standard InChI is InChI=1S/C11H18N2O2/c1-3-9(12)7-11(14)13-8(2)10-5-4-6-15-10/h4-6,8-9H,3,7,12H2,1-2H3,(H,13,14)/t8-,9?/m1/s1. The first-order valence-electron chi connectivity index (χ1n) is 5.21. The van der Waals surface area contributed by atoms with E-state index in [9.17, 15) is 4.79 Å². The molecule has 4 heteroatoms. The van der Waals surface area contributed by atoms with E-state index in [1.165, 1.54) is 0 Å². The Hall–Kier alpha value is -1.29. The van der Waals surface area contributed by atoms with E-state index in [4.69, 9.17) is 10.2 Å². The number of hydrogen-bond donors (Lipinski definition) is 2. The third-order valence-electron chi connectivity index (χ3n) is 2.32. The summed E-state index contributed by atoms with van der Waals surface area (Å²) < 4.78 is 5.18. The highest BCUT2D eigenvalue weighted by molar-refractivity contribution is 5.76. The molecule has 0 aliphatic carbocycles. The SMILES string of the molecule is CCC(N)CC(=O)N[C@H](C)c1ccco1. The highest BCUT2D eigenvalue weighted by Crippen LogP contribution is 2.12. The van der Waals surface area contributed by atoms with E-state index < -0.39 is 0 Å². The highest BCUT2D eigenvalue weighted by Gasteiger charge is 2.13. The number of carbonyl (C=O) groups is 1. The van der Waals surface area contributed by atoms with Gasteiger partial charge in [-0.3, -0.25) is 4.79 Å². The Balaban J connectivity index is 2.38. The van der Waals surface area contributed by atoms with E-state index in [0.717, 1.165) is 12.2 Å². The molecule has 0 aliphatic heterocycles. The predicted molar refractivity (Wildman–Crippen MR) is 58.1 cm³/mol. The summed E-state index contributed by atoms with van der Waals surface area (Å²) in [6.07, 6.45) is 2.76. The molecule has 0 saturated carbocycles. The van der Waals surface area contributed by atoms with Crippen LogP contribution in [-0.2, 0) is 4.79 Å². The molecule has 0 aliphatic rings. The second-order valence-corrected chi connectivity index (χ2v) is 3.68. The van der Waals surface area contributed by atoms with E-state index in [1.807, 2.05) is 19.9 Å². The first kappa shape index (κ1) is 11.8. The molecule has 0 saturated heterocycles. The van der Waals surface area contributed by atoms with Gasteiger partial charge in [0.05, 0.1) is 12.3 Å². The van der Waals surface area contributed by atoms with Gasteiger partial charge in [-0.15, -0.1) is 0 Å². The molecule has 0 bridgehead atoms. The molecule has 2 atom stereocenters. The van der Waals surface area contributed by atoms with E-state index in [0.29, 0.717) is 6.42 Å². The monoisotopic (exact) mass is 210 g/mol. The maximum absolute atomic E-state index is 11.5. The van der Waals surface area contributed by atoms with Gasteiger partial charge >= 0.3 is 0 Å². The maximum atomic E-state index is 11.5. The molecule has 3 N–H and O–H groups in total. The van der Waals surface area contributed by atoms with Crippen LogP contribution in [0.15, 0.2) is 22.8 Å². The van der Waals surface area contributed by atoms with Crippen molar-refractivity contribution in [3.05, 3.63) is 24.2 Å². The van der Waals surface area contributed by atoms with Crippen LogP contribution in [0.3, 0.4) is 0 Å². The van der Waals surface area contributed by atoms with Crippen molar-refractivity contribution in [3.8, 4) is 0 Å². The summed E-state index contributed by atoms with van der Waals surface area (Å²) in [5, 5.41) is 2.83. The molecule has 1 unspecified atom stereocenters. The lowest BCUT2D eigenvalue weighted by Crippen LogP contribution is -2.32. The third-order valence-corrected chi connectivity index (χ3v) is 2.32. The third kappa shape index (κ3) is 3.75. The average molecular weight is 210 g/mol. The van der Waals surface area contributed by atoms with Crippen molar-refractivity contribution in [2.45, 2.75) is 38.8 Å². The van der Waals surface area contributed by atoms with Gasteiger partial charge in [0.2, 0.25) is 5.91 Å². The lowest BCUT2D eigenvalue weighted by Gasteiger charge is -2.13. The molecule has 15 heavy (non-hydrogen) atoms. The van der Waals surface area contributed by atoms with Crippen molar-refractivity contribution < 1.29 is 9.21 Å². The van der Waals surface area contributed by atoms with Crippen molar-refractivity contribution in [3.63, 3.8) is 0 Å². The van der Waals surface area contributed by atoms with Gasteiger partial charge in [-0.2, -0.15) is 0 Å². The van der Waals surface area contributed by atoms with Crippen molar-refractivity contribution in [1.82, 2.24) is 5.32 Å². The number of furan rings is 1. The molecule has 0 aromatic carbocycles. The largest absolute Gasteiger partial charge is 0.467 e. The molecule has 4 nitrogen and oxygen atoms in total. The van der Waals surface area contributed by atoms with E-state index in [1.54, 1.807) is 12.3 Å². The molecule has 0 radical (unpaired) electrons. The fourth-order valence-corrected chi connectivity index (χ4v) is 1.29. The van der Waals surface area contributed by atoms with E-state index in [-0.39, 0.29) is 18.0 Å². The van der Waals surface area contributed by atoms with Crippen LogP contribution in [0.2, 0.25) is 0 Å². The smallest absolute Gasteiger partial charge is 0.222 e. The van der Waals surface area contributed by atoms with Crippen LogP contribution >= 0.6 is 0 Å². The zero-order valence-corrected chi connectivity index (χ0v) is 9.19. The van der Waals surface area contributed by atoms with Crippen molar-refractivity contribution >= 4 is 5.91 Å². The van der Waals surface area contributed by atoms with Gasteiger partial charge in [0.15, 0.2) is 0 Å². The Kier molecular flexibility index (Phi) is 4.37. The summed E-state index contributed by atoms with van der Waals surface area (Å²) in [6.45, 7) is 3.85. The highest BCUT2D eigenvalue weighted by atomic mass is 16.3. The van der Waals surface area contributed by atoms with Crippen LogP contribution in [0, 0.1) is 0 Å². The summed E-state index contributed by atoms with van der Waals surface area (Å²) in [4.78, 5) is 11.5. The molecule has 0 spiro atoms. The van der Waals surface area contributed by atoms with Gasteiger partial charge in [-0.25, -0.2) is 0 Å². The van der Waals surface area contributed by atoms with Crippen LogP contribution in [0.4, 0.5) is 0 Å². The maximum Gasteiger partial charge on any atom is 0.222 e. The number of rotatable bonds is 5. The Labute approximate surface area is 89.8 Å².